The van der Waals surface area contributed by atoms with Crippen LogP contribution in [0.2, 0.25) is 5.02 Å². The van der Waals surface area contributed by atoms with Crippen molar-refractivity contribution in [2.45, 2.75) is 13.5 Å². The molecule has 0 aliphatic heterocycles. The van der Waals surface area contributed by atoms with Crippen molar-refractivity contribution >= 4 is 40.3 Å². The maximum Gasteiger partial charge on any atom is 0.175 e. The number of aromatic nitrogens is 2. The summed E-state index contributed by atoms with van der Waals surface area (Å²) in [4.78, 5) is 0. The lowest BCUT2D eigenvalue weighted by Gasteiger charge is -2.10. The van der Waals surface area contributed by atoms with Gasteiger partial charge in [-0.05, 0) is 54.5 Å². The third-order valence-corrected chi connectivity index (χ3v) is 4.41. The van der Waals surface area contributed by atoms with Gasteiger partial charge in [-0.25, -0.2) is 0 Å². The molecule has 2 aromatic carbocycles. The van der Waals surface area contributed by atoms with Crippen LogP contribution in [0.25, 0.3) is 0 Å². The number of ether oxygens (including phenoxy) is 1. The Morgan fingerprint density at radius 2 is 2.00 bits per heavy atom. The number of hydrogen-bond acceptors (Lipinski definition) is 3. The van der Waals surface area contributed by atoms with E-state index in [1.54, 1.807) is 13.3 Å². The predicted octanol–water partition coefficient (Wildman–Crippen LogP) is 4.71. The summed E-state index contributed by atoms with van der Waals surface area (Å²) < 4.78 is 7.08. The van der Waals surface area contributed by atoms with Crippen molar-refractivity contribution in [1.29, 1.82) is 0 Å². The monoisotopic (exact) mass is 386 g/mol. The number of nitrogens with zero attached hydrogens (tertiary/aromatic N) is 2. The van der Waals surface area contributed by atoms with E-state index in [2.05, 4.69) is 15.7 Å². The van der Waals surface area contributed by atoms with Crippen LogP contribution in [-0.2, 0) is 6.54 Å². The number of hydrogen-bond donors (Lipinski definition) is 2. The van der Waals surface area contributed by atoms with Crippen molar-refractivity contribution in [2.75, 3.05) is 17.7 Å². The molecule has 0 fully saturated rings. The minimum Gasteiger partial charge on any atom is -0.497 e. The molecule has 7 heteroatoms. The molecule has 2 N–H and O–H groups in total. The minimum absolute atomic E-state index is 0.478. The second-order valence-corrected chi connectivity index (χ2v) is 6.64. The lowest BCUT2D eigenvalue weighted by molar-refractivity contribution is 0.414. The molecule has 1 heterocycles. The van der Waals surface area contributed by atoms with Crippen LogP contribution >= 0.6 is 23.8 Å². The first-order valence-electron chi connectivity index (χ1n) is 8.03. The van der Waals surface area contributed by atoms with E-state index in [-0.39, 0.29) is 0 Å². The number of anilines is 2. The summed E-state index contributed by atoms with van der Waals surface area (Å²) in [6, 6.07) is 13.6. The van der Waals surface area contributed by atoms with E-state index in [0.29, 0.717) is 16.7 Å². The Labute approximate surface area is 162 Å². The second kappa shape index (κ2) is 8.21. The average Bonchev–Trinajstić information content (AvgIpc) is 3.05. The fourth-order valence-corrected chi connectivity index (χ4v) is 2.85. The fraction of sp³-hybridized carbons (Fsp3) is 0.158. The van der Waals surface area contributed by atoms with Gasteiger partial charge in [0.25, 0.3) is 0 Å². The lowest BCUT2D eigenvalue weighted by Crippen LogP contribution is -2.18. The van der Waals surface area contributed by atoms with Crippen molar-refractivity contribution in [2.24, 2.45) is 0 Å². The Morgan fingerprint density at radius 1 is 1.19 bits per heavy atom. The van der Waals surface area contributed by atoms with Gasteiger partial charge in [0.2, 0.25) is 0 Å². The van der Waals surface area contributed by atoms with Gasteiger partial charge in [-0.3, -0.25) is 4.68 Å². The molecule has 0 spiro atoms. The third-order valence-electron chi connectivity index (χ3n) is 3.80. The van der Waals surface area contributed by atoms with E-state index in [4.69, 9.17) is 28.6 Å². The van der Waals surface area contributed by atoms with Crippen LogP contribution in [0, 0.1) is 6.92 Å². The van der Waals surface area contributed by atoms with Crippen LogP contribution in [0.15, 0.2) is 54.9 Å². The Hall–Kier alpha value is -2.57. The van der Waals surface area contributed by atoms with Crippen LogP contribution in [0.5, 0.6) is 5.75 Å². The maximum atomic E-state index is 6.13. The number of rotatable bonds is 5. The van der Waals surface area contributed by atoms with Gasteiger partial charge in [-0.2, -0.15) is 5.10 Å². The molecule has 0 amide bonds. The SMILES string of the molecule is COc1cccc(Cn2cc(NC(=S)Nc3ccc(C)c(Cl)c3)cn2)c1. The van der Waals surface area contributed by atoms with Crippen LogP contribution in [0.3, 0.4) is 0 Å². The standard InChI is InChI=1S/C19H19ClN4OS/c1-13-6-7-15(9-18(13)20)22-19(26)23-16-10-21-24(12-16)11-14-4-3-5-17(8-14)25-2/h3-10,12H,11H2,1-2H3,(H2,22,23,26). The number of aryl methyl sites for hydroxylation is 1. The van der Waals surface area contributed by atoms with Gasteiger partial charge in [0.15, 0.2) is 5.11 Å². The van der Waals surface area contributed by atoms with Crippen LogP contribution in [0.1, 0.15) is 11.1 Å². The third kappa shape index (κ3) is 4.74. The van der Waals surface area contributed by atoms with Crippen LogP contribution in [0.4, 0.5) is 11.4 Å². The molecule has 0 aliphatic rings. The first kappa shape index (κ1) is 18.2. The fourth-order valence-electron chi connectivity index (χ4n) is 2.44. The van der Waals surface area contributed by atoms with Crippen molar-refractivity contribution in [3.63, 3.8) is 0 Å². The van der Waals surface area contributed by atoms with E-state index >= 15 is 0 Å². The molecule has 134 valence electrons. The van der Waals surface area contributed by atoms with E-state index in [1.807, 2.05) is 60.3 Å². The summed E-state index contributed by atoms with van der Waals surface area (Å²) in [6.07, 6.45) is 3.63. The minimum atomic E-state index is 0.478. The van der Waals surface area contributed by atoms with Crippen molar-refractivity contribution < 1.29 is 4.74 Å². The van der Waals surface area contributed by atoms with Crippen molar-refractivity contribution in [3.8, 4) is 5.75 Å². The molecular formula is C19H19ClN4OS. The molecule has 26 heavy (non-hydrogen) atoms. The molecular weight excluding hydrogens is 368 g/mol. The molecule has 0 saturated heterocycles. The van der Waals surface area contributed by atoms with Gasteiger partial charge in [0, 0.05) is 16.9 Å². The second-order valence-electron chi connectivity index (χ2n) is 5.82. The Morgan fingerprint density at radius 3 is 2.77 bits per heavy atom. The predicted molar refractivity (Wildman–Crippen MR) is 110 cm³/mol. The zero-order valence-electron chi connectivity index (χ0n) is 14.5. The van der Waals surface area contributed by atoms with Gasteiger partial charge in [0.1, 0.15) is 5.75 Å². The van der Waals surface area contributed by atoms with Crippen LogP contribution in [-0.4, -0.2) is 22.0 Å². The summed E-state index contributed by atoms with van der Waals surface area (Å²) in [5.41, 5.74) is 3.77. The molecule has 0 saturated carbocycles. The van der Waals surface area contributed by atoms with E-state index < -0.39 is 0 Å². The van der Waals surface area contributed by atoms with E-state index in [9.17, 15) is 0 Å². The first-order chi connectivity index (χ1) is 12.5. The summed E-state index contributed by atoms with van der Waals surface area (Å²) in [7, 11) is 1.66. The zero-order chi connectivity index (χ0) is 18.5. The molecule has 0 atom stereocenters. The highest BCUT2D eigenvalue weighted by molar-refractivity contribution is 7.80. The lowest BCUT2D eigenvalue weighted by atomic mass is 10.2. The highest BCUT2D eigenvalue weighted by Crippen LogP contribution is 2.20. The first-order valence-corrected chi connectivity index (χ1v) is 8.81. The topological polar surface area (TPSA) is 51.1 Å². The largest absolute Gasteiger partial charge is 0.497 e. The summed E-state index contributed by atoms with van der Waals surface area (Å²) in [6.45, 7) is 2.60. The number of benzene rings is 2. The maximum absolute atomic E-state index is 6.13. The van der Waals surface area contributed by atoms with Crippen molar-refractivity contribution in [1.82, 2.24) is 9.78 Å². The number of methoxy groups -OCH3 is 1. The van der Waals surface area contributed by atoms with E-state index in [0.717, 1.165) is 28.3 Å². The van der Waals surface area contributed by atoms with Gasteiger partial charge in [-0.15, -0.1) is 0 Å². The Bertz CT molecular complexity index is 925. The highest BCUT2D eigenvalue weighted by Gasteiger charge is 2.05. The molecule has 3 aromatic rings. The van der Waals surface area contributed by atoms with Crippen LogP contribution < -0.4 is 15.4 Å². The molecule has 0 bridgehead atoms. The zero-order valence-corrected chi connectivity index (χ0v) is 16.1. The highest BCUT2D eigenvalue weighted by atomic mass is 35.5. The molecule has 0 radical (unpaired) electrons. The van der Waals surface area contributed by atoms with Gasteiger partial charge >= 0.3 is 0 Å². The Kier molecular flexibility index (Phi) is 5.75. The van der Waals surface area contributed by atoms with Gasteiger partial charge < -0.3 is 15.4 Å². The van der Waals surface area contributed by atoms with Crippen molar-refractivity contribution in [3.05, 3.63) is 71.0 Å². The smallest absolute Gasteiger partial charge is 0.175 e. The number of thiocarbonyl (C=S) groups is 1. The molecule has 0 unspecified atom stereocenters. The van der Waals surface area contributed by atoms with Gasteiger partial charge in [0.05, 0.1) is 25.5 Å². The molecule has 5 nitrogen and oxygen atoms in total. The number of nitrogens with one attached hydrogen (secondary N) is 2. The summed E-state index contributed by atoms with van der Waals surface area (Å²) in [5.74, 6) is 0.829. The normalized spacial score (nSPS) is 10.4. The molecule has 1 aromatic heterocycles. The Balaban J connectivity index is 1.60. The summed E-state index contributed by atoms with van der Waals surface area (Å²) in [5, 5.41) is 11.8. The number of halogens is 1. The summed E-state index contributed by atoms with van der Waals surface area (Å²) >= 11 is 11.5. The van der Waals surface area contributed by atoms with E-state index in [1.165, 1.54) is 0 Å². The molecule has 0 aliphatic carbocycles. The molecule has 3 rings (SSSR count). The quantitative estimate of drug-likeness (QED) is 0.622. The average molecular weight is 387 g/mol. The van der Waals surface area contributed by atoms with Gasteiger partial charge in [-0.1, -0.05) is 29.8 Å².